The molecule has 0 saturated heterocycles. The summed E-state index contributed by atoms with van der Waals surface area (Å²) in [5, 5.41) is 0. The molecule has 1 aromatic rings. The second-order valence-electron chi connectivity index (χ2n) is 5.54. The summed E-state index contributed by atoms with van der Waals surface area (Å²) in [6, 6.07) is 8.21. The zero-order chi connectivity index (χ0) is 14.7. The van der Waals surface area contributed by atoms with E-state index >= 15 is 0 Å². The Morgan fingerprint density at radius 1 is 1.21 bits per heavy atom. The second-order valence-corrected chi connectivity index (χ2v) is 8.40. The van der Waals surface area contributed by atoms with E-state index in [4.69, 9.17) is 5.73 Å². The van der Waals surface area contributed by atoms with Gasteiger partial charge in [-0.15, -0.1) is 0 Å². The zero-order valence-corrected chi connectivity index (χ0v) is 12.4. The Labute approximate surface area is 114 Å². The summed E-state index contributed by atoms with van der Waals surface area (Å²) in [5.41, 5.74) is 6.54. The number of Topliss-reactive ketones (excluding diaryl/α,β-unsaturated/α-hetero) is 1. The van der Waals surface area contributed by atoms with Gasteiger partial charge >= 0.3 is 0 Å². The Morgan fingerprint density at radius 2 is 1.74 bits per heavy atom. The molecule has 2 N–H and O–H groups in total. The molecule has 4 nitrogen and oxygen atoms in total. The van der Waals surface area contributed by atoms with Crippen molar-refractivity contribution in [1.29, 1.82) is 0 Å². The van der Waals surface area contributed by atoms with Crippen LogP contribution in [-0.4, -0.2) is 24.7 Å². The molecule has 0 saturated carbocycles. The van der Waals surface area contributed by atoms with E-state index in [2.05, 4.69) is 0 Å². The molecule has 19 heavy (non-hydrogen) atoms. The third kappa shape index (κ3) is 4.14. The monoisotopic (exact) mass is 283 g/mol. The Kier molecular flexibility index (Phi) is 4.87. The molecule has 0 amide bonds. The van der Waals surface area contributed by atoms with Gasteiger partial charge in [0, 0.05) is 6.42 Å². The fourth-order valence-corrected chi connectivity index (χ4v) is 2.63. The van der Waals surface area contributed by atoms with Crippen LogP contribution in [0.15, 0.2) is 30.3 Å². The molecule has 0 aliphatic rings. The first-order valence-electron chi connectivity index (χ1n) is 6.21. The van der Waals surface area contributed by atoms with Crippen molar-refractivity contribution < 1.29 is 13.2 Å². The summed E-state index contributed by atoms with van der Waals surface area (Å²) in [6.07, 6.45) is -0.0460. The summed E-state index contributed by atoms with van der Waals surface area (Å²) in [4.78, 5) is 11.9. The minimum Gasteiger partial charge on any atom is -0.318 e. The summed E-state index contributed by atoms with van der Waals surface area (Å²) in [6.45, 7) is 4.89. The Hall–Kier alpha value is -1.20. The fourth-order valence-electron chi connectivity index (χ4n) is 1.54. The SMILES string of the molecule is CC(C)(C)S(=O)(=O)CCC(=O)C(N)c1ccccc1. The number of hydrogen-bond acceptors (Lipinski definition) is 4. The first-order chi connectivity index (χ1) is 8.65. The lowest BCUT2D eigenvalue weighted by molar-refractivity contribution is -0.120. The zero-order valence-electron chi connectivity index (χ0n) is 11.6. The maximum Gasteiger partial charge on any atom is 0.155 e. The molecular formula is C14H21NO3S. The van der Waals surface area contributed by atoms with Gasteiger partial charge in [0.1, 0.15) is 0 Å². The number of rotatable bonds is 5. The summed E-state index contributed by atoms with van der Waals surface area (Å²) < 4.78 is 23.0. The van der Waals surface area contributed by atoms with Gasteiger partial charge in [-0.3, -0.25) is 4.79 Å². The molecule has 0 heterocycles. The highest BCUT2D eigenvalue weighted by Gasteiger charge is 2.30. The van der Waals surface area contributed by atoms with Gasteiger partial charge in [-0.05, 0) is 26.3 Å². The number of sulfone groups is 1. The first kappa shape index (κ1) is 15.9. The highest BCUT2D eigenvalue weighted by molar-refractivity contribution is 7.92. The number of ketones is 1. The van der Waals surface area contributed by atoms with E-state index in [1.807, 2.05) is 6.07 Å². The highest BCUT2D eigenvalue weighted by atomic mass is 32.2. The van der Waals surface area contributed by atoms with E-state index < -0.39 is 20.6 Å². The van der Waals surface area contributed by atoms with Gasteiger partial charge < -0.3 is 5.73 Å². The fraction of sp³-hybridized carbons (Fsp3) is 0.500. The van der Waals surface area contributed by atoms with Crippen molar-refractivity contribution in [3.05, 3.63) is 35.9 Å². The van der Waals surface area contributed by atoms with Crippen molar-refractivity contribution in [1.82, 2.24) is 0 Å². The quantitative estimate of drug-likeness (QED) is 0.894. The standard InChI is InChI=1S/C14H21NO3S/c1-14(2,3)19(17,18)10-9-12(16)13(15)11-7-5-4-6-8-11/h4-8,13H,9-10,15H2,1-3H3. The van der Waals surface area contributed by atoms with Crippen LogP contribution >= 0.6 is 0 Å². The van der Waals surface area contributed by atoms with Crippen LogP contribution in [0.5, 0.6) is 0 Å². The molecule has 1 rings (SSSR count). The maximum absolute atomic E-state index is 11.9. The third-order valence-corrected chi connectivity index (χ3v) is 5.66. The minimum atomic E-state index is -3.28. The summed E-state index contributed by atoms with van der Waals surface area (Å²) in [7, 11) is -3.28. The van der Waals surface area contributed by atoms with Gasteiger partial charge in [-0.25, -0.2) is 8.42 Å². The maximum atomic E-state index is 11.9. The molecule has 0 fully saturated rings. The molecule has 0 spiro atoms. The van der Waals surface area contributed by atoms with E-state index in [0.717, 1.165) is 0 Å². The molecule has 5 heteroatoms. The largest absolute Gasteiger partial charge is 0.318 e. The summed E-state index contributed by atoms with van der Waals surface area (Å²) in [5.74, 6) is -0.408. The van der Waals surface area contributed by atoms with E-state index in [1.54, 1.807) is 45.0 Å². The Bertz CT molecular complexity index is 530. The molecule has 0 aromatic heterocycles. The Morgan fingerprint density at radius 3 is 2.21 bits per heavy atom. The van der Waals surface area contributed by atoms with Crippen molar-refractivity contribution in [3.63, 3.8) is 0 Å². The average molecular weight is 283 g/mol. The van der Waals surface area contributed by atoms with Crippen molar-refractivity contribution >= 4 is 15.6 Å². The first-order valence-corrected chi connectivity index (χ1v) is 7.86. The lowest BCUT2D eigenvalue weighted by atomic mass is 10.0. The van der Waals surface area contributed by atoms with Gasteiger partial charge in [0.2, 0.25) is 0 Å². The third-order valence-electron chi connectivity index (χ3n) is 3.06. The molecule has 0 radical (unpaired) electrons. The number of carbonyl (C=O) groups excluding carboxylic acids is 1. The van der Waals surface area contributed by atoms with E-state index in [-0.39, 0.29) is 18.0 Å². The molecule has 1 aromatic carbocycles. The van der Waals surface area contributed by atoms with Crippen LogP contribution in [0.25, 0.3) is 0 Å². The van der Waals surface area contributed by atoms with Crippen LogP contribution in [0.3, 0.4) is 0 Å². The number of hydrogen-bond donors (Lipinski definition) is 1. The van der Waals surface area contributed by atoms with Crippen molar-refractivity contribution in [2.24, 2.45) is 5.73 Å². The van der Waals surface area contributed by atoms with Gasteiger partial charge in [0.05, 0.1) is 16.5 Å². The van der Waals surface area contributed by atoms with Gasteiger partial charge in [-0.2, -0.15) is 0 Å². The van der Waals surface area contributed by atoms with Crippen molar-refractivity contribution in [2.75, 3.05) is 5.75 Å². The van der Waals surface area contributed by atoms with E-state index in [1.165, 1.54) is 0 Å². The van der Waals surface area contributed by atoms with Crippen LogP contribution in [-0.2, 0) is 14.6 Å². The lowest BCUT2D eigenvalue weighted by Crippen LogP contribution is -2.32. The number of nitrogens with two attached hydrogens (primary N) is 1. The van der Waals surface area contributed by atoms with Gasteiger partial charge in [-0.1, -0.05) is 30.3 Å². The predicted molar refractivity (Wildman–Crippen MR) is 76.5 cm³/mol. The molecule has 1 unspecified atom stereocenters. The van der Waals surface area contributed by atoms with Crippen molar-refractivity contribution in [2.45, 2.75) is 38.0 Å². The molecule has 0 aliphatic heterocycles. The average Bonchev–Trinajstić information content (AvgIpc) is 2.35. The van der Waals surface area contributed by atoms with Crippen LogP contribution in [0.2, 0.25) is 0 Å². The number of benzene rings is 1. The number of carbonyl (C=O) groups is 1. The highest BCUT2D eigenvalue weighted by Crippen LogP contribution is 2.19. The second kappa shape index (κ2) is 5.84. The van der Waals surface area contributed by atoms with Gasteiger partial charge in [0.25, 0.3) is 0 Å². The minimum absolute atomic E-state index is 0.0460. The predicted octanol–water partition coefficient (Wildman–Crippen LogP) is 1.86. The van der Waals surface area contributed by atoms with Crippen LogP contribution in [0.4, 0.5) is 0 Å². The summed E-state index contributed by atoms with van der Waals surface area (Å²) >= 11 is 0. The van der Waals surface area contributed by atoms with Crippen LogP contribution in [0, 0.1) is 0 Å². The van der Waals surface area contributed by atoms with Crippen LogP contribution in [0.1, 0.15) is 38.8 Å². The molecule has 0 aliphatic carbocycles. The molecule has 0 bridgehead atoms. The van der Waals surface area contributed by atoms with Crippen LogP contribution < -0.4 is 5.73 Å². The van der Waals surface area contributed by atoms with E-state index in [9.17, 15) is 13.2 Å². The van der Waals surface area contributed by atoms with Gasteiger partial charge in [0.15, 0.2) is 15.6 Å². The molecular weight excluding hydrogens is 262 g/mol. The lowest BCUT2D eigenvalue weighted by Gasteiger charge is -2.19. The molecule has 106 valence electrons. The normalized spacial score (nSPS) is 14.1. The van der Waals surface area contributed by atoms with Crippen molar-refractivity contribution in [3.8, 4) is 0 Å². The van der Waals surface area contributed by atoms with E-state index in [0.29, 0.717) is 5.56 Å². The molecule has 1 atom stereocenters. The topological polar surface area (TPSA) is 77.2 Å². The Balaban J connectivity index is 2.68. The smallest absolute Gasteiger partial charge is 0.155 e.